The van der Waals surface area contributed by atoms with E-state index in [1.165, 1.54) is 10.6 Å². The van der Waals surface area contributed by atoms with E-state index >= 15 is 0 Å². The number of pyridine rings is 1. The van der Waals surface area contributed by atoms with Gasteiger partial charge in [0.15, 0.2) is 0 Å². The summed E-state index contributed by atoms with van der Waals surface area (Å²) >= 11 is 0. The molecule has 5 heteroatoms. The summed E-state index contributed by atoms with van der Waals surface area (Å²) in [5.41, 5.74) is 5.72. The Balaban J connectivity index is 2.40. The van der Waals surface area contributed by atoms with Crippen LogP contribution in [0.1, 0.15) is 32.4 Å². The lowest BCUT2D eigenvalue weighted by Gasteiger charge is -2.25. The van der Waals surface area contributed by atoms with E-state index in [1.807, 2.05) is 30.3 Å². The lowest BCUT2D eigenvalue weighted by molar-refractivity contribution is -0.159. The maximum Gasteiger partial charge on any atom is 0.330 e. The molecule has 1 atom stereocenters. The van der Waals surface area contributed by atoms with Crippen molar-refractivity contribution < 1.29 is 9.53 Å². The molecule has 0 saturated heterocycles. The molecule has 0 fully saturated rings. The van der Waals surface area contributed by atoms with Crippen LogP contribution in [0.5, 0.6) is 0 Å². The van der Waals surface area contributed by atoms with Crippen LogP contribution < -0.4 is 11.3 Å². The fourth-order valence-electron chi connectivity index (χ4n) is 2.28. The quantitative estimate of drug-likeness (QED) is 0.880. The molecule has 122 valence electrons. The van der Waals surface area contributed by atoms with E-state index in [0.29, 0.717) is 6.42 Å². The normalized spacial score (nSPS) is 12.7. The van der Waals surface area contributed by atoms with E-state index in [2.05, 4.69) is 0 Å². The number of anilines is 1. The monoisotopic (exact) mass is 314 g/mol. The zero-order valence-corrected chi connectivity index (χ0v) is 13.7. The largest absolute Gasteiger partial charge is 0.458 e. The van der Waals surface area contributed by atoms with Crippen LogP contribution in [0, 0.1) is 0 Å². The molecule has 0 aliphatic heterocycles. The molecule has 1 aromatic heterocycles. The van der Waals surface area contributed by atoms with Crippen LogP contribution in [0.25, 0.3) is 0 Å². The summed E-state index contributed by atoms with van der Waals surface area (Å²) in [4.78, 5) is 24.9. The van der Waals surface area contributed by atoms with Gasteiger partial charge in [-0.1, -0.05) is 30.3 Å². The zero-order chi connectivity index (χ0) is 17.0. The third-order valence-corrected chi connectivity index (χ3v) is 3.29. The minimum atomic E-state index is -0.757. The first kappa shape index (κ1) is 16.8. The van der Waals surface area contributed by atoms with Crippen LogP contribution in [0.2, 0.25) is 0 Å². The van der Waals surface area contributed by atoms with Crippen molar-refractivity contribution in [2.45, 2.75) is 38.8 Å². The molecule has 0 aliphatic rings. The Labute approximate surface area is 135 Å². The number of hydrogen-bond donors (Lipinski definition) is 1. The van der Waals surface area contributed by atoms with Crippen LogP contribution in [0.15, 0.2) is 53.5 Å². The topological polar surface area (TPSA) is 74.3 Å². The fourth-order valence-corrected chi connectivity index (χ4v) is 2.28. The summed E-state index contributed by atoms with van der Waals surface area (Å²) in [6, 6.07) is 11.9. The summed E-state index contributed by atoms with van der Waals surface area (Å²) in [5, 5.41) is 0. The number of aromatic nitrogens is 1. The molecule has 0 bridgehead atoms. The summed E-state index contributed by atoms with van der Waals surface area (Å²) in [6.45, 7) is 5.39. The van der Waals surface area contributed by atoms with E-state index < -0.39 is 17.6 Å². The van der Waals surface area contributed by atoms with Gasteiger partial charge < -0.3 is 10.5 Å². The maximum absolute atomic E-state index is 12.6. The van der Waals surface area contributed by atoms with Crippen molar-refractivity contribution in [3.63, 3.8) is 0 Å². The van der Waals surface area contributed by atoms with Gasteiger partial charge in [-0.15, -0.1) is 0 Å². The van der Waals surface area contributed by atoms with E-state index in [4.69, 9.17) is 10.5 Å². The van der Waals surface area contributed by atoms with Gasteiger partial charge in [0.25, 0.3) is 5.56 Å². The third-order valence-electron chi connectivity index (χ3n) is 3.29. The number of benzene rings is 1. The predicted molar refractivity (Wildman–Crippen MR) is 90.1 cm³/mol. The molecule has 0 radical (unpaired) electrons. The second kappa shape index (κ2) is 6.69. The Morgan fingerprint density at radius 1 is 1.17 bits per heavy atom. The van der Waals surface area contributed by atoms with Crippen LogP contribution in [-0.4, -0.2) is 16.1 Å². The van der Waals surface area contributed by atoms with Gasteiger partial charge in [-0.25, -0.2) is 4.79 Å². The third kappa shape index (κ3) is 4.45. The molecule has 2 aromatic rings. The molecule has 2 rings (SSSR count). The minimum absolute atomic E-state index is 0.106. The highest BCUT2D eigenvalue weighted by molar-refractivity contribution is 5.75. The minimum Gasteiger partial charge on any atom is -0.458 e. The Morgan fingerprint density at radius 2 is 1.83 bits per heavy atom. The predicted octanol–water partition coefficient (Wildman–Crippen LogP) is 2.56. The van der Waals surface area contributed by atoms with Crippen molar-refractivity contribution in [1.29, 1.82) is 0 Å². The van der Waals surface area contributed by atoms with Gasteiger partial charge in [-0.2, -0.15) is 0 Å². The van der Waals surface area contributed by atoms with E-state index in [9.17, 15) is 9.59 Å². The van der Waals surface area contributed by atoms with Gasteiger partial charge in [0.1, 0.15) is 11.6 Å². The van der Waals surface area contributed by atoms with Gasteiger partial charge in [-0.05, 0) is 38.5 Å². The van der Waals surface area contributed by atoms with Crippen molar-refractivity contribution in [3.05, 3.63) is 64.6 Å². The lowest BCUT2D eigenvalue weighted by Crippen LogP contribution is -2.36. The van der Waals surface area contributed by atoms with Crippen molar-refractivity contribution in [2.24, 2.45) is 0 Å². The maximum atomic E-state index is 12.6. The van der Waals surface area contributed by atoms with E-state index in [-0.39, 0.29) is 11.2 Å². The first-order valence-corrected chi connectivity index (χ1v) is 7.51. The number of nitrogens with zero attached hydrogens (tertiary/aromatic N) is 1. The van der Waals surface area contributed by atoms with Crippen molar-refractivity contribution in [1.82, 2.24) is 4.57 Å². The first-order chi connectivity index (χ1) is 10.8. The highest BCUT2D eigenvalue weighted by atomic mass is 16.6. The van der Waals surface area contributed by atoms with Crippen LogP contribution in [0.3, 0.4) is 0 Å². The average Bonchev–Trinajstić information content (AvgIpc) is 2.47. The molecule has 1 aromatic carbocycles. The number of nitrogen functional groups attached to an aromatic ring is 1. The lowest BCUT2D eigenvalue weighted by atomic mass is 10.0. The number of esters is 1. The van der Waals surface area contributed by atoms with Gasteiger partial charge >= 0.3 is 5.97 Å². The molecular weight excluding hydrogens is 292 g/mol. The number of carbonyl (C=O) groups is 1. The highest BCUT2D eigenvalue weighted by Crippen LogP contribution is 2.19. The number of rotatable bonds is 4. The Morgan fingerprint density at radius 3 is 2.43 bits per heavy atom. The van der Waals surface area contributed by atoms with Crippen molar-refractivity contribution in [3.8, 4) is 0 Å². The second-order valence-electron chi connectivity index (χ2n) is 6.41. The van der Waals surface area contributed by atoms with Gasteiger partial charge in [0.05, 0.1) is 5.69 Å². The number of hydrogen-bond acceptors (Lipinski definition) is 4. The molecule has 0 spiro atoms. The fraction of sp³-hybridized carbons (Fsp3) is 0.333. The number of nitrogens with two attached hydrogens (primary N) is 1. The number of carbonyl (C=O) groups excluding carboxylic acids is 1. The summed E-state index contributed by atoms with van der Waals surface area (Å²) in [6.07, 6.45) is 1.93. The number of ether oxygens (including phenoxy) is 1. The van der Waals surface area contributed by atoms with Gasteiger partial charge in [0, 0.05) is 12.6 Å². The van der Waals surface area contributed by atoms with E-state index in [1.54, 1.807) is 33.0 Å². The summed E-state index contributed by atoms with van der Waals surface area (Å²) in [7, 11) is 0. The molecule has 1 heterocycles. The van der Waals surface area contributed by atoms with Gasteiger partial charge in [0.2, 0.25) is 0 Å². The molecule has 0 aliphatic carbocycles. The Kier molecular flexibility index (Phi) is 4.89. The Bertz CT molecular complexity index is 730. The van der Waals surface area contributed by atoms with Gasteiger partial charge in [-0.3, -0.25) is 9.36 Å². The SMILES string of the molecule is CC(C)(C)OC(=O)C(Cc1ccccc1)n1cccc(N)c1=O. The molecular formula is C18H22N2O3. The molecule has 0 amide bonds. The molecule has 23 heavy (non-hydrogen) atoms. The molecule has 0 saturated carbocycles. The highest BCUT2D eigenvalue weighted by Gasteiger charge is 2.27. The summed E-state index contributed by atoms with van der Waals surface area (Å²) in [5.74, 6) is -0.450. The standard InChI is InChI=1S/C18H22N2O3/c1-18(2,3)23-17(22)15(12-13-8-5-4-6-9-13)20-11-7-10-14(19)16(20)21/h4-11,15H,12,19H2,1-3H3. The first-order valence-electron chi connectivity index (χ1n) is 7.51. The van der Waals surface area contributed by atoms with Crippen LogP contribution in [-0.2, 0) is 16.0 Å². The second-order valence-corrected chi connectivity index (χ2v) is 6.41. The van der Waals surface area contributed by atoms with E-state index in [0.717, 1.165) is 5.56 Å². The zero-order valence-electron chi connectivity index (χ0n) is 13.7. The van der Waals surface area contributed by atoms with Crippen LogP contribution >= 0.6 is 0 Å². The molecule has 1 unspecified atom stereocenters. The summed E-state index contributed by atoms with van der Waals surface area (Å²) < 4.78 is 6.83. The molecule has 5 nitrogen and oxygen atoms in total. The average molecular weight is 314 g/mol. The Hall–Kier alpha value is -2.56. The van der Waals surface area contributed by atoms with Crippen molar-refractivity contribution in [2.75, 3.05) is 5.73 Å². The smallest absolute Gasteiger partial charge is 0.330 e. The van der Waals surface area contributed by atoms with Crippen LogP contribution in [0.4, 0.5) is 5.69 Å². The van der Waals surface area contributed by atoms with Crippen molar-refractivity contribution >= 4 is 11.7 Å². The molecule has 2 N–H and O–H groups in total.